The van der Waals surface area contributed by atoms with Crippen molar-refractivity contribution in [3.05, 3.63) is 48.3 Å². The molecule has 3 aromatic rings. The van der Waals surface area contributed by atoms with E-state index in [4.69, 9.17) is 10.7 Å². The molecule has 4 rings (SSSR count). The van der Waals surface area contributed by atoms with Gasteiger partial charge in [-0.25, -0.2) is 4.98 Å². The van der Waals surface area contributed by atoms with E-state index in [0.29, 0.717) is 11.5 Å². The highest BCUT2D eigenvalue weighted by atomic mass is 16.1. The summed E-state index contributed by atoms with van der Waals surface area (Å²) in [7, 11) is 0. The van der Waals surface area contributed by atoms with Gasteiger partial charge >= 0.3 is 0 Å². The Labute approximate surface area is 170 Å². The lowest BCUT2D eigenvalue weighted by Crippen LogP contribution is -2.60. The molecule has 152 valence electrons. The zero-order valence-corrected chi connectivity index (χ0v) is 17.4. The minimum absolute atomic E-state index is 0.0405. The number of primary amides is 1. The number of piperidine rings is 1. The first-order chi connectivity index (χ1) is 13.6. The monoisotopic (exact) mass is 392 g/mol. The highest BCUT2D eigenvalue weighted by Crippen LogP contribution is 2.30. The molecule has 0 aliphatic carbocycles. The number of aromatic nitrogens is 3. The van der Waals surface area contributed by atoms with E-state index in [2.05, 4.69) is 43.3 Å². The molecular weight excluding hydrogens is 364 g/mol. The summed E-state index contributed by atoms with van der Waals surface area (Å²) in [5.74, 6) is 0.912. The van der Waals surface area contributed by atoms with E-state index in [0.717, 1.165) is 29.6 Å². The first-order valence-electron chi connectivity index (χ1n) is 9.93. The third-order valence-electron chi connectivity index (χ3n) is 5.41. The van der Waals surface area contributed by atoms with E-state index in [1.54, 1.807) is 12.3 Å². The van der Waals surface area contributed by atoms with E-state index in [-0.39, 0.29) is 17.1 Å². The summed E-state index contributed by atoms with van der Waals surface area (Å²) in [6.45, 7) is 8.90. The molecule has 0 bridgehead atoms. The molecule has 0 saturated carbocycles. The molecule has 3 heterocycles. The molecule has 0 unspecified atom stereocenters. The number of carbonyl (C=O) groups excluding carboxylic acids is 1. The predicted molar refractivity (Wildman–Crippen MR) is 115 cm³/mol. The number of fused-ring (bicyclic) bond motifs is 1. The van der Waals surface area contributed by atoms with Crippen molar-refractivity contribution in [3.63, 3.8) is 0 Å². The molecule has 1 aliphatic rings. The fourth-order valence-electron chi connectivity index (χ4n) is 4.74. The summed E-state index contributed by atoms with van der Waals surface area (Å²) in [5.41, 5.74) is 6.98. The maximum absolute atomic E-state index is 11.7. The second-order valence-electron chi connectivity index (χ2n) is 9.17. The van der Waals surface area contributed by atoms with Crippen molar-refractivity contribution in [2.24, 2.45) is 5.73 Å². The van der Waals surface area contributed by atoms with Gasteiger partial charge in [-0.15, -0.1) is 0 Å². The van der Waals surface area contributed by atoms with Crippen LogP contribution in [0.1, 0.15) is 50.9 Å². The number of hydrogen-bond acceptors (Lipinski definition) is 5. The fourth-order valence-corrected chi connectivity index (χ4v) is 4.74. The van der Waals surface area contributed by atoms with Gasteiger partial charge in [-0.2, -0.15) is 4.98 Å². The average molecular weight is 393 g/mol. The van der Waals surface area contributed by atoms with Gasteiger partial charge in [0.15, 0.2) is 0 Å². The lowest BCUT2D eigenvalue weighted by molar-refractivity contribution is 0.100. The Morgan fingerprint density at radius 1 is 1.17 bits per heavy atom. The highest BCUT2D eigenvalue weighted by Gasteiger charge is 2.37. The molecule has 1 fully saturated rings. The van der Waals surface area contributed by atoms with Crippen LogP contribution in [0, 0.1) is 0 Å². The van der Waals surface area contributed by atoms with Crippen LogP contribution in [0.15, 0.2) is 42.7 Å². The maximum atomic E-state index is 11.7. The molecule has 4 N–H and O–H groups in total. The molecule has 0 spiro atoms. The van der Waals surface area contributed by atoms with E-state index in [1.165, 1.54) is 0 Å². The molecule has 1 saturated heterocycles. The van der Waals surface area contributed by atoms with Crippen molar-refractivity contribution in [2.75, 3.05) is 5.32 Å². The summed E-state index contributed by atoms with van der Waals surface area (Å²) in [6, 6.07) is 9.55. The van der Waals surface area contributed by atoms with Crippen molar-refractivity contribution in [1.82, 2.24) is 19.9 Å². The molecule has 7 heteroatoms. The van der Waals surface area contributed by atoms with Gasteiger partial charge in [0.2, 0.25) is 11.9 Å². The number of amides is 1. The zero-order valence-electron chi connectivity index (χ0n) is 17.4. The molecule has 2 aromatic heterocycles. The van der Waals surface area contributed by atoms with Crippen LogP contribution >= 0.6 is 0 Å². The number of benzene rings is 1. The summed E-state index contributed by atoms with van der Waals surface area (Å²) in [4.78, 5) is 20.9. The largest absolute Gasteiger partial charge is 0.366 e. The number of anilines is 1. The van der Waals surface area contributed by atoms with Crippen molar-refractivity contribution in [1.29, 1.82) is 0 Å². The fraction of sp³-hybridized carbons (Fsp3) is 0.409. The first kappa shape index (κ1) is 19.4. The molecule has 0 radical (unpaired) electrons. The van der Waals surface area contributed by atoms with Crippen molar-refractivity contribution in [3.8, 4) is 5.82 Å². The van der Waals surface area contributed by atoms with E-state index < -0.39 is 5.91 Å². The number of carbonyl (C=O) groups is 1. The van der Waals surface area contributed by atoms with Crippen LogP contribution in [0.3, 0.4) is 0 Å². The van der Waals surface area contributed by atoms with Crippen molar-refractivity contribution in [2.45, 2.75) is 57.7 Å². The molecule has 7 nitrogen and oxygen atoms in total. The second-order valence-corrected chi connectivity index (χ2v) is 9.17. The Hall–Kier alpha value is -2.93. The molecule has 1 aliphatic heterocycles. The van der Waals surface area contributed by atoms with Crippen LogP contribution in [0.2, 0.25) is 0 Å². The SMILES string of the molecule is CC1(C)CC(Nc2nccc(-n3ccc4c(C(N)=O)cccc43)n2)CC(C)(C)N1. The van der Waals surface area contributed by atoms with Gasteiger partial charge in [0, 0.05) is 40.5 Å². The van der Waals surface area contributed by atoms with Crippen LogP contribution in [0.25, 0.3) is 16.7 Å². The van der Waals surface area contributed by atoms with E-state index in [9.17, 15) is 4.79 Å². The van der Waals surface area contributed by atoms with Crippen LogP contribution in [0.4, 0.5) is 5.95 Å². The minimum Gasteiger partial charge on any atom is -0.366 e. The van der Waals surface area contributed by atoms with Crippen LogP contribution < -0.4 is 16.4 Å². The Bertz CT molecular complexity index is 1050. The highest BCUT2D eigenvalue weighted by molar-refractivity contribution is 6.06. The molecule has 0 atom stereocenters. The quantitative estimate of drug-likeness (QED) is 0.633. The Morgan fingerprint density at radius 3 is 2.59 bits per heavy atom. The smallest absolute Gasteiger partial charge is 0.249 e. The first-order valence-corrected chi connectivity index (χ1v) is 9.93. The Balaban J connectivity index is 1.64. The zero-order chi connectivity index (χ0) is 20.8. The lowest BCUT2D eigenvalue weighted by Gasteiger charge is -2.46. The van der Waals surface area contributed by atoms with Crippen LogP contribution in [0.5, 0.6) is 0 Å². The summed E-state index contributed by atoms with van der Waals surface area (Å²) >= 11 is 0. The van der Waals surface area contributed by atoms with Gasteiger partial charge in [0.25, 0.3) is 0 Å². The van der Waals surface area contributed by atoms with Crippen molar-refractivity contribution >= 4 is 22.8 Å². The second kappa shape index (κ2) is 6.84. The topological polar surface area (TPSA) is 97.9 Å². The minimum atomic E-state index is -0.436. The number of nitrogens with zero attached hydrogens (tertiary/aromatic N) is 3. The average Bonchev–Trinajstić information content (AvgIpc) is 3.03. The van der Waals surface area contributed by atoms with Gasteiger partial charge < -0.3 is 20.9 Å². The number of nitrogens with one attached hydrogen (secondary N) is 2. The van der Waals surface area contributed by atoms with Crippen LogP contribution in [-0.2, 0) is 0 Å². The molecular formula is C22H28N6O. The number of hydrogen-bond donors (Lipinski definition) is 3. The third kappa shape index (κ3) is 3.96. The summed E-state index contributed by atoms with van der Waals surface area (Å²) in [6.07, 6.45) is 5.63. The summed E-state index contributed by atoms with van der Waals surface area (Å²) in [5, 5.41) is 8.03. The van der Waals surface area contributed by atoms with Gasteiger partial charge in [-0.3, -0.25) is 4.79 Å². The van der Waals surface area contributed by atoms with Gasteiger partial charge in [0.1, 0.15) is 5.82 Å². The molecule has 1 amide bonds. The number of rotatable bonds is 4. The Kier molecular flexibility index (Phi) is 4.58. The summed E-state index contributed by atoms with van der Waals surface area (Å²) < 4.78 is 1.95. The molecule has 29 heavy (non-hydrogen) atoms. The van der Waals surface area contributed by atoms with Crippen molar-refractivity contribution < 1.29 is 4.79 Å². The number of nitrogens with two attached hydrogens (primary N) is 1. The van der Waals surface area contributed by atoms with E-state index >= 15 is 0 Å². The van der Waals surface area contributed by atoms with Crippen LogP contribution in [-0.4, -0.2) is 37.6 Å². The Morgan fingerprint density at radius 2 is 1.90 bits per heavy atom. The third-order valence-corrected chi connectivity index (χ3v) is 5.41. The molecule has 1 aromatic carbocycles. The van der Waals surface area contributed by atoms with Gasteiger partial charge in [0.05, 0.1) is 5.52 Å². The van der Waals surface area contributed by atoms with Gasteiger partial charge in [-0.1, -0.05) is 6.07 Å². The maximum Gasteiger partial charge on any atom is 0.249 e. The standard InChI is InChI=1S/C22H28N6O/c1-21(2)12-14(13-22(3,4)27-21)25-20-24-10-8-18(26-20)28-11-9-15-16(19(23)29)6-5-7-17(15)28/h5-11,14,27H,12-13H2,1-4H3,(H2,23,29)(H,24,25,26). The predicted octanol–water partition coefficient (Wildman–Crippen LogP) is 3.24. The lowest BCUT2D eigenvalue weighted by atomic mass is 9.80. The normalized spacial score (nSPS) is 18.6. The van der Waals surface area contributed by atoms with E-state index in [1.807, 2.05) is 35.0 Å². The van der Waals surface area contributed by atoms with Gasteiger partial charge in [-0.05, 0) is 64.8 Å².